The van der Waals surface area contributed by atoms with Crippen molar-refractivity contribution in [3.8, 4) is 5.75 Å². The number of hydrogen-bond donors (Lipinski definition) is 2. The molecule has 0 unspecified atom stereocenters. The van der Waals surface area contributed by atoms with Crippen LogP contribution in [0.5, 0.6) is 5.75 Å². The summed E-state index contributed by atoms with van der Waals surface area (Å²) in [5.74, 6) is 0.0692. The van der Waals surface area contributed by atoms with Gasteiger partial charge in [-0.1, -0.05) is 27.9 Å². The fraction of sp³-hybridized carbons (Fsp3) is 0.381. The summed E-state index contributed by atoms with van der Waals surface area (Å²) in [5, 5.41) is 8.28. The van der Waals surface area contributed by atoms with Crippen molar-refractivity contribution in [3.63, 3.8) is 0 Å². The first-order valence-corrected chi connectivity index (χ1v) is 10.6. The fourth-order valence-corrected chi connectivity index (χ4v) is 4.42. The molecule has 2 aliphatic heterocycles. The van der Waals surface area contributed by atoms with E-state index in [1.54, 1.807) is 13.1 Å². The highest BCUT2D eigenvalue weighted by atomic mass is 35.5. The van der Waals surface area contributed by atoms with Crippen molar-refractivity contribution in [3.05, 3.63) is 57.6 Å². The van der Waals surface area contributed by atoms with Gasteiger partial charge in [0, 0.05) is 48.3 Å². The standard InChI is InChI=1S/C21H23Cl2FN5O/c1-12(19-16(22)2-3-17(24)20(19)23)30-18-8-13(9-27-21(18)25)14-10-28-29(11-14)15-4-6-26-7-5-15/h2-3,8-9,11-12,15,26H,4-7,10H2,1H3,(H2,25,27)/q+1/t12-/m1/s1. The number of nitrogens with two attached hydrogens (primary N) is 1. The Bertz CT molecular complexity index is 1020. The lowest BCUT2D eigenvalue weighted by Gasteiger charge is -2.19. The van der Waals surface area contributed by atoms with Gasteiger partial charge >= 0.3 is 0 Å². The van der Waals surface area contributed by atoms with Crippen LogP contribution >= 0.6 is 23.2 Å². The highest BCUT2D eigenvalue weighted by Crippen LogP contribution is 2.36. The van der Waals surface area contributed by atoms with E-state index in [4.69, 9.17) is 33.7 Å². The minimum absolute atomic E-state index is 0.0624. The van der Waals surface area contributed by atoms with E-state index in [0.717, 1.165) is 37.1 Å². The average Bonchev–Trinajstić information content (AvgIpc) is 3.24. The number of nitrogens with one attached hydrogen (secondary N) is 1. The van der Waals surface area contributed by atoms with Crippen molar-refractivity contribution in [2.45, 2.75) is 31.9 Å². The number of halogens is 3. The second-order valence-corrected chi connectivity index (χ2v) is 8.22. The van der Waals surface area contributed by atoms with E-state index in [1.807, 2.05) is 6.07 Å². The molecule has 0 amide bonds. The highest BCUT2D eigenvalue weighted by molar-refractivity contribution is 6.36. The van der Waals surface area contributed by atoms with Crippen LogP contribution in [0.4, 0.5) is 10.2 Å². The maximum atomic E-state index is 13.9. The van der Waals surface area contributed by atoms with Gasteiger partial charge in [-0.15, -0.1) is 0 Å². The lowest BCUT2D eigenvalue weighted by molar-refractivity contribution is -0.564. The Labute approximate surface area is 184 Å². The van der Waals surface area contributed by atoms with Crippen LogP contribution in [0, 0.1) is 5.82 Å². The molecule has 6 nitrogen and oxygen atoms in total. The second-order valence-electron chi connectivity index (χ2n) is 7.44. The summed E-state index contributed by atoms with van der Waals surface area (Å²) in [4.78, 5) is 4.27. The molecule has 30 heavy (non-hydrogen) atoms. The van der Waals surface area contributed by atoms with E-state index in [9.17, 15) is 4.39 Å². The number of rotatable bonds is 5. The van der Waals surface area contributed by atoms with Crippen molar-refractivity contribution in [1.82, 2.24) is 10.3 Å². The van der Waals surface area contributed by atoms with Gasteiger partial charge in [0.1, 0.15) is 18.5 Å². The molecule has 158 valence electrons. The first-order valence-electron chi connectivity index (χ1n) is 9.87. The van der Waals surface area contributed by atoms with Crippen LogP contribution in [0.2, 0.25) is 10.0 Å². The van der Waals surface area contributed by atoms with Crippen LogP contribution in [-0.2, 0) is 0 Å². The van der Waals surface area contributed by atoms with Crippen LogP contribution in [0.3, 0.4) is 0 Å². The molecule has 0 bridgehead atoms. The van der Waals surface area contributed by atoms with Gasteiger partial charge in [-0.05, 0) is 30.2 Å². The number of hydrogen-bond acceptors (Lipinski definition) is 5. The molecule has 4 rings (SSSR count). The van der Waals surface area contributed by atoms with Crippen molar-refractivity contribution in [1.29, 1.82) is 0 Å². The molecule has 9 heteroatoms. The number of azo groups is 2. The van der Waals surface area contributed by atoms with Gasteiger partial charge in [-0.25, -0.2) is 9.37 Å². The molecule has 1 atom stereocenters. The topological polar surface area (TPSA) is 75.5 Å². The predicted molar refractivity (Wildman–Crippen MR) is 116 cm³/mol. The Balaban J connectivity index is 1.55. The molecule has 2 aliphatic rings. The highest BCUT2D eigenvalue weighted by Gasteiger charge is 2.29. The molecule has 1 aromatic heterocycles. The van der Waals surface area contributed by atoms with E-state index in [-0.39, 0.29) is 10.8 Å². The maximum Gasteiger partial charge on any atom is 0.202 e. The number of benzene rings is 1. The van der Waals surface area contributed by atoms with Crippen molar-refractivity contribution in [2.24, 2.45) is 5.11 Å². The summed E-state index contributed by atoms with van der Waals surface area (Å²) >= 11 is 12.3. The Morgan fingerprint density at radius 2 is 2.07 bits per heavy atom. The number of anilines is 1. The van der Waals surface area contributed by atoms with Gasteiger partial charge in [0.15, 0.2) is 17.6 Å². The number of aromatic nitrogens is 1. The van der Waals surface area contributed by atoms with Crippen LogP contribution in [0.1, 0.15) is 37.0 Å². The van der Waals surface area contributed by atoms with Crippen molar-refractivity contribution >= 4 is 34.6 Å². The van der Waals surface area contributed by atoms with Crippen LogP contribution in [0.25, 0.3) is 5.57 Å². The van der Waals surface area contributed by atoms with Crippen molar-refractivity contribution in [2.75, 3.05) is 25.4 Å². The molecule has 3 N–H and O–H groups in total. The molecular formula is C21H23Cl2FN5O+. The van der Waals surface area contributed by atoms with Crippen LogP contribution < -0.4 is 15.8 Å². The minimum Gasteiger partial charge on any atom is -0.482 e. The SMILES string of the molecule is C[C@@H](Oc1cc(C2=C[N+](C3CCNCC3)=NC2)cnc1N)c1c(Cl)ccc(F)c1Cl. The van der Waals surface area contributed by atoms with Gasteiger partial charge in [0.05, 0.1) is 10.6 Å². The molecule has 0 saturated carbocycles. The second kappa shape index (κ2) is 8.88. The Morgan fingerprint density at radius 1 is 1.30 bits per heavy atom. The van der Waals surface area contributed by atoms with Gasteiger partial charge in [-0.2, -0.15) is 0 Å². The maximum absolute atomic E-state index is 13.9. The summed E-state index contributed by atoms with van der Waals surface area (Å²) in [6, 6.07) is 4.92. The zero-order valence-electron chi connectivity index (χ0n) is 16.5. The van der Waals surface area contributed by atoms with Gasteiger partial charge in [-0.3, -0.25) is 0 Å². The fourth-order valence-electron chi connectivity index (χ4n) is 3.75. The number of ether oxygens (including phenoxy) is 1. The summed E-state index contributed by atoms with van der Waals surface area (Å²) in [5.41, 5.74) is 8.32. The summed E-state index contributed by atoms with van der Waals surface area (Å²) in [6.45, 7) is 4.32. The van der Waals surface area contributed by atoms with Crippen molar-refractivity contribution < 1.29 is 13.8 Å². The largest absolute Gasteiger partial charge is 0.482 e. The predicted octanol–water partition coefficient (Wildman–Crippen LogP) is 4.82. The molecule has 1 saturated heterocycles. The minimum atomic E-state index is -0.617. The van der Waals surface area contributed by atoms with E-state index >= 15 is 0 Å². The number of nitrogen functional groups attached to an aromatic ring is 1. The van der Waals surface area contributed by atoms with E-state index < -0.39 is 11.9 Å². The normalized spacial score (nSPS) is 18.1. The van der Waals surface area contributed by atoms with E-state index in [1.165, 1.54) is 12.1 Å². The smallest absolute Gasteiger partial charge is 0.202 e. The molecule has 1 fully saturated rings. The number of piperidine rings is 1. The Morgan fingerprint density at radius 3 is 2.83 bits per heavy atom. The molecule has 1 aromatic carbocycles. The van der Waals surface area contributed by atoms with Gasteiger partial charge in [0.25, 0.3) is 0 Å². The summed E-state index contributed by atoms with van der Waals surface area (Å²) in [7, 11) is 0. The first-order chi connectivity index (χ1) is 14.4. The molecule has 3 heterocycles. The molecule has 0 aliphatic carbocycles. The zero-order valence-corrected chi connectivity index (χ0v) is 18.0. The molecule has 2 aromatic rings. The third-order valence-corrected chi connectivity index (χ3v) is 6.13. The first kappa shape index (κ1) is 21.0. The van der Waals surface area contributed by atoms with Gasteiger partial charge < -0.3 is 15.8 Å². The lowest BCUT2D eigenvalue weighted by Crippen LogP contribution is -2.35. The number of nitrogens with zero attached hydrogens (tertiary/aromatic N) is 3. The van der Waals surface area contributed by atoms with E-state index in [0.29, 0.717) is 28.9 Å². The lowest BCUT2D eigenvalue weighted by atomic mass is 10.1. The third-order valence-electron chi connectivity index (χ3n) is 5.42. The van der Waals surface area contributed by atoms with E-state index in [2.05, 4.69) is 26.3 Å². The molecule has 0 spiro atoms. The van der Waals surface area contributed by atoms with Crippen LogP contribution in [0.15, 0.2) is 35.7 Å². The monoisotopic (exact) mass is 450 g/mol. The zero-order chi connectivity index (χ0) is 21.3. The van der Waals surface area contributed by atoms with Crippen LogP contribution in [-0.4, -0.2) is 35.4 Å². The Kier molecular flexibility index (Phi) is 6.22. The third kappa shape index (κ3) is 4.29. The molecular weight excluding hydrogens is 428 g/mol. The van der Waals surface area contributed by atoms with Gasteiger partial charge in [0.2, 0.25) is 6.20 Å². The Hall–Kier alpha value is -2.22. The number of pyridine rings is 1. The summed E-state index contributed by atoms with van der Waals surface area (Å²) < 4.78 is 21.9. The quantitative estimate of drug-likeness (QED) is 0.505. The molecule has 0 radical (unpaired) electrons. The average molecular weight is 451 g/mol. The summed E-state index contributed by atoms with van der Waals surface area (Å²) in [6.07, 6.45) is 5.29.